The van der Waals surface area contributed by atoms with E-state index < -0.39 is 24.3 Å². The molecule has 0 radical (unpaired) electrons. The number of pyridine rings is 1. The maximum Gasteiger partial charge on any atom is 0.490 e. The predicted molar refractivity (Wildman–Crippen MR) is 120 cm³/mol. The highest BCUT2D eigenvalue weighted by Gasteiger charge is 2.48. The SMILES string of the molecule is Cc1ccccc1CN1CC2(CC(Oc3cccnc3)CCO2)C1.O=C(O)C(F)(F)F.O=C(O)C(F)(F)F. The lowest BCUT2D eigenvalue weighted by atomic mass is 9.84. The largest absolute Gasteiger partial charge is 0.490 e. The van der Waals surface area contributed by atoms with Gasteiger partial charge in [-0.05, 0) is 30.2 Å². The molecule has 210 valence electrons. The van der Waals surface area contributed by atoms with Crippen molar-refractivity contribution < 1.29 is 55.6 Å². The molecular weight excluding hydrogens is 526 g/mol. The molecule has 8 nitrogen and oxygen atoms in total. The van der Waals surface area contributed by atoms with Crippen LogP contribution in [-0.4, -0.2) is 75.8 Å². The van der Waals surface area contributed by atoms with E-state index in [1.165, 1.54) is 11.1 Å². The van der Waals surface area contributed by atoms with Crippen LogP contribution in [0.3, 0.4) is 0 Å². The summed E-state index contributed by atoms with van der Waals surface area (Å²) in [5.74, 6) is -4.66. The van der Waals surface area contributed by atoms with Gasteiger partial charge in [-0.1, -0.05) is 24.3 Å². The van der Waals surface area contributed by atoms with Crippen LogP contribution in [0.15, 0.2) is 48.8 Å². The Kier molecular flexibility index (Phi) is 10.5. The highest BCUT2D eigenvalue weighted by Crippen LogP contribution is 2.36. The molecule has 2 aliphatic heterocycles. The fourth-order valence-electron chi connectivity index (χ4n) is 3.82. The van der Waals surface area contributed by atoms with Gasteiger partial charge in [0, 0.05) is 38.7 Å². The molecule has 1 spiro atoms. The molecule has 2 saturated heterocycles. The zero-order valence-electron chi connectivity index (χ0n) is 20.1. The summed E-state index contributed by atoms with van der Waals surface area (Å²) in [5, 5.41) is 14.2. The van der Waals surface area contributed by atoms with E-state index >= 15 is 0 Å². The number of aromatic nitrogens is 1. The average Bonchev–Trinajstić information content (AvgIpc) is 2.80. The van der Waals surface area contributed by atoms with Crippen molar-refractivity contribution >= 4 is 11.9 Å². The molecule has 1 aromatic heterocycles. The molecule has 2 N–H and O–H groups in total. The van der Waals surface area contributed by atoms with Crippen LogP contribution in [0.5, 0.6) is 5.75 Å². The Morgan fingerprint density at radius 2 is 1.63 bits per heavy atom. The van der Waals surface area contributed by atoms with E-state index in [1.54, 1.807) is 12.4 Å². The molecule has 38 heavy (non-hydrogen) atoms. The van der Waals surface area contributed by atoms with E-state index in [0.29, 0.717) is 0 Å². The zero-order chi connectivity index (χ0) is 28.6. The normalized spacial score (nSPS) is 18.7. The van der Waals surface area contributed by atoms with Crippen molar-refractivity contribution in [1.29, 1.82) is 0 Å². The van der Waals surface area contributed by atoms with Gasteiger partial charge >= 0.3 is 24.3 Å². The van der Waals surface area contributed by atoms with Crippen molar-refractivity contribution in [2.45, 2.75) is 50.4 Å². The first-order valence-corrected chi connectivity index (χ1v) is 11.2. The van der Waals surface area contributed by atoms with Crippen molar-refractivity contribution in [2.24, 2.45) is 0 Å². The van der Waals surface area contributed by atoms with E-state index in [9.17, 15) is 26.3 Å². The summed E-state index contributed by atoms with van der Waals surface area (Å²) in [6, 6.07) is 12.5. The van der Waals surface area contributed by atoms with Crippen LogP contribution in [-0.2, 0) is 20.9 Å². The van der Waals surface area contributed by atoms with E-state index in [4.69, 9.17) is 29.3 Å². The van der Waals surface area contributed by atoms with Gasteiger partial charge < -0.3 is 19.7 Å². The molecule has 0 amide bonds. The molecular formula is C24H26F6N2O6. The van der Waals surface area contributed by atoms with Gasteiger partial charge in [-0.15, -0.1) is 0 Å². The van der Waals surface area contributed by atoms with Crippen LogP contribution >= 0.6 is 0 Å². The number of aryl methyl sites for hydroxylation is 1. The first-order valence-electron chi connectivity index (χ1n) is 11.2. The number of nitrogens with zero attached hydrogens (tertiary/aromatic N) is 2. The average molecular weight is 552 g/mol. The second-order valence-electron chi connectivity index (χ2n) is 8.63. The number of hydrogen-bond acceptors (Lipinski definition) is 6. The minimum Gasteiger partial charge on any atom is -0.489 e. The minimum atomic E-state index is -5.08. The molecule has 0 saturated carbocycles. The minimum absolute atomic E-state index is 0.0200. The molecule has 14 heteroatoms. The van der Waals surface area contributed by atoms with Gasteiger partial charge in [0.1, 0.15) is 11.9 Å². The number of benzene rings is 1. The molecule has 0 bridgehead atoms. The maximum absolute atomic E-state index is 10.6. The Bertz CT molecular complexity index is 1030. The lowest BCUT2D eigenvalue weighted by Gasteiger charge is -2.53. The predicted octanol–water partition coefficient (Wildman–Crippen LogP) is 4.47. The molecule has 1 aromatic carbocycles. The molecule has 1 atom stereocenters. The highest BCUT2D eigenvalue weighted by atomic mass is 19.4. The van der Waals surface area contributed by atoms with Crippen molar-refractivity contribution in [3.63, 3.8) is 0 Å². The first-order chi connectivity index (χ1) is 17.6. The van der Waals surface area contributed by atoms with E-state index in [-0.39, 0.29) is 11.7 Å². The highest BCUT2D eigenvalue weighted by molar-refractivity contribution is 5.73. The van der Waals surface area contributed by atoms with Gasteiger partial charge in [0.2, 0.25) is 0 Å². The van der Waals surface area contributed by atoms with Crippen LogP contribution in [0.1, 0.15) is 24.0 Å². The topological polar surface area (TPSA) is 109 Å². The third-order valence-corrected chi connectivity index (χ3v) is 5.55. The number of likely N-dealkylation sites (tertiary alicyclic amines) is 1. The number of halogens is 6. The van der Waals surface area contributed by atoms with Gasteiger partial charge in [0.05, 0.1) is 18.4 Å². The van der Waals surface area contributed by atoms with Gasteiger partial charge in [-0.2, -0.15) is 26.3 Å². The van der Waals surface area contributed by atoms with Gasteiger partial charge in [0.25, 0.3) is 0 Å². The molecule has 2 aliphatic rings. The quantitative estimate of drug-likeness (QED) is 0.535. The molecule has 3 heterocycles. The molecule has 1 unspecified atom stereocenters. The molecule has 2 fully saturated rings. The van der Waals surface area contributed by atoms with E-state index in [0.717, 1.165) is 44.8 Å². The Hall–Kier alpha value is -3.39. The summed E-state index contributed by atoms with van der Waals surface area (Å²) in [7, 11) is 0. The van der Waals surface area contributed by atoms with Crippen LogP contribution < -0.4 is 4.74 Å². The van der Waals surface area contributed by atoms with Gasteiger partial charge in [-0.25, -0.2) is 9.59 Å². The second kappa shape index (κ2) is 12.9. The lowest BCUT2D eigenvalue weighted by molar-refractivity contribution is -0.193. The number of aliphatic carboxylic acids is 2. The summed E-state index contributed by atoms with van der Waals surface area (Å²) in [6.07, 6.45) is -4.47. The number of carbonyl (C=O) groups is 2. The van der Waals surface area contributed by atoms with Gasteiger partial charge in [0.15, 0.2) is 0 Å². The number of alkyl halides is 6. The van der Waals surface area contributed by atoms with Crippen LogP contribution in [0.4, 0.5) is 26.3 Å². The Labute approximate surface area is 213 Å². The van der Waals surface area contributed by atoms with Crippen molar-refractivity contribution in [1.82, 2.24) is 9.88 Å². The maximum atomic E-state index is 10.6. The van der Waals surface area contributed by atoms with Crippen molar-refractivity contribution in [3.8, 4) is 5.75 Å². The summed E-state index contributed by atoms with van der Waals surface area (Å²) in [5.41, 5.74) is 2.75. The molecule has 0 aliphatic carbocycles. The Morgan fingerprint density at radius 1 is 1.05 bits per heavy atom. The second-order valence-corrected chi connectivity index (χ2v) is 8.63. The van der Waals surface area contributed by atoms with Gasteiger partial charge in [-0.3, -0.25) is 9.88 Å². The van der Waals surface area contributed by atoms with Crippen LogP contribution in [0.25, 0.3) is 0 Å². The fourth-order valence-corrected chi connectivity index (χ4v) is 3.82. The Balaban J connectivity index is 0.000000301. The number of carboxylic acid groups (broad SMARTS) is 2. The summed E-state index contributed by atoms with van der Waals surface area (Å²) < 4.78 is 75.7. The molecule has 2 aromatic rings. The van der Waals surface area contributed by atoms with Crippen LogP contribution in [0, 0.1) is 6.92 Å². The third-order valence-electron chi connectivity index (χ3n) is 5.55. The monoisotopic (exact) mass is 552 g/mol. The zero-order valence-corrected chi connectivity index (χ0v) is 20.1. The Morgan fingerprint density at radius 3 is 2.13 bits per heavy atom. The first kappa shape index (κ1) is 30.8. The van der Waals surface area contributed by atoms with Crippen molar-refractivity contribution in [2.75, 3.05) is 19.7 Å². The number of hydrogen-bond donors (Lipinski definition) is 2. The van der Waals surface area contributed by atoms with E-state index in [1.807, 2.05) is 12.1 Å². The summed E-state index contributed by atoms with van der Waals surface area (Å²) in [4.78, 5) is 24.4. The number of rotatable bonds is 4. The fraction of sp³-hybridized carbons (Fsp3) is 0.458. The van der Waals surface area contributed by atoms with Crippen LogP contribution in [0.2, 0.25) is 0 Å². The van der Waals surface area contributed by atoms with E-state index in [2.05, 4.69) is 41.1 Å². The lowest BCUT2D eigenvalue weighted by Crippen LogP contribution is -2.65. The molecule has 4 rings (SSSR count). The number of ether oxygens (including phenoxy) is 2. The smallest absolute Gasteiger partial charge is 0.489 e. The van der Waals surface area contributed by atoms with Crippen molar-refractivity contribution in [3.05, 3.63) is 59.9 Å². The standard InChI is InChI=1S/C20H24N2O2.2C2HF3O2/c1-16-5-2-3-6-17(16)13-22-14-20(15-22)11-18(8-10-23-20)24-19-7-4-9-21-12-19;2*3-2(4,5)1(6)7/h2-7,9,12,18H,8,10-11,13-15H2,1H3;2*(H,6,7). The summed E-state index contributed by atoms with van der Waals surface area (Å²) >= 11 is 0. The number of carboxylic acids is 2. The summed E-state index contributed by atoms with van der Waals surface area (Å²) in [6.45, 7) is 5.96. The third kappa shape index (κ3) is 9.82.